The molecule has 1 N–H and O–H groups in total. The highest BCUT2D eigenvalue weighted by Crippen LogP contribution is 2.38. The number of rotatable bonds is 12. The van der Waals surface area contributed by atoms with Gasteiger partial charge in [0.15, 0.2) is 0 Å². The fourth-order valence-corrected chi connectivity index (χ4v) is 9.01. The van der Waals surface area contributed by atoms with E-state index in [-0.39, 0.29) is 58.3 Å². The van der Waals surface area contributed by atoms with Crippen molar-refractivity contribution in [3.05, 3.63) is 125 Å². The fraction of sp³-hybridized carbons (Fsp3) is 0.310. The van der Waals surface area contributed by atoms with Crippen molar-refractivity contribution in [2.75, 3.05) is 31.1 Å². The number of benzene rings is 4. The van der Waals surface area contributed by atoms with E-state index in [1.54, 1.807) is 36.4 Å². The van der Waals surface area contributed by atoms with Crippen LogP contribution < -0.4 is 10.2 Å². The number of hydroxylamine groups is 2. The van der Waals surface area contributed by atoms with Crippen LogP contribution in [0, 0.1) is 5.92 Å². The molecule has 13 heteroatoms. The van der Waals surface area contributed by atoms with E-state index in [1.165, 1.54) is 40.8 Å². The summed E-state index contributed by atoms with van der Waals surface area (Å²) >= 11 is 0. The monoisotopic (exact) mass is 762 g/mol. The van der Waals surface area contributed by atoms with Gasteiger partial charge in [0, 0.05) is 24.9 Å². The first-order chi connectivity index (χ1) is 26.6. The fourth-order valence-electron chi connectivity index (χ4n) is 7.38. The molecule has 12 nitrogen and oxygen atoms in total. The van der Waals surface area contributed by atoms with E-state index in [0.29, 0.717) is 28.7 Å². The molecule has 0 spiro atoms. The molecule has 0 unspecified atom stereocenters. The lowest BCUT2D eigenvalue weighted by Crippen LogP contribution is -2.36. The number of imide groups is 1. The molecule has 3 aliphatic heterocycles. The summed E-state index contributed by atoms with van der Waals surface area (Å²) in [5.74, 6) is -2.16. The number of sulfone groups is 1. The summed E-state index contributed by atoms with van der Waals surface area (Å²) in [6.45, 7) is 3.31. The second-order valence-corrected chi connectivity index (χ2v) is 16.1. The van der Waals surface area contributed by atoms with Gasteiger partial charge >= 0.3 is 5.97 Å². The molecule has 0 bridgehead atoms. The normalized spacial score (nSPS) is 17.1. The lowest BCUT2D eigenvalue weighted by atomic mass is 9.90. The van der Waals surface area contributed by atoms with Gasteiger partial charge in [-0.15, -0.1) is 5.06 Å². The van der Waals surface area contributed by atoms with Gasteiger partial charge in [-0.25, -0.2) is 13.2 Å². The zero-order chi connectivity index (χ0) is 38.5. The van der Waals surface area contributed by atoms with E-state index >= 15 is 0 Å². The van der Waals surface area contributed by atoms with Crippen molar-refractivity contribution in [2.24, 2.45) is 5.92 Å². The van der Waals surface area contributed by atoms with Gasteiger partial charge in [-0.3, -0.25) is 19.2 Å². The number of piperidine rings is 1. The van der Waals surface area contributed by atoms with Crippen LogP contribution in [0.4, 0.5) is 5.69 Å². The molecule has 284 valence electrons. The van der Waals surface area contributed by atoms with Crippen LogP contribution in [0.25, 0.3) is 0 Å². The first kappa shape index (κ1) is 37.6. The number of carbonyl (C=O) groups is 5. The third kappa shape index (κ3) is 8.53. The largest absolute Gasteiger partial charge is 0.352 e. The number of nitrogens with one attached hydrogen (secondary N) is 1. The van der Waals surface area contributed by atoms with Crippen molar-refractivity contribution < 1.29 is 37.2 Å². The van der Waals surface area contributed by atoms with E-state index in [1.807, 2.05) is 6.07 Å². The van der Waals surface area contributed by atoms with Gasteiger partial charge < -0.3 is 20.0 Å². The predicted octanol–water partition coefficient (Wildman–Crippen LogP) is 4.90. The third-order valence-corrected chi connectivity index (χ3v) is 12.2. The van der Waals surface area contributed by atoms with E-state index in [4.69, 9.17) is 4.84 Å². The Hall–Kier alpha value is -5.66. The molecular weight excluding hydrogens is 721 g/mol. The molecule has 2 saturated heterocycles. The number of hydrogen-bond acceptors (Lipinski definition) is 9. The Morgan fingerprint density at radius 2 is 1.44 bits per heavy atom. The van der Waals surface area contributed by atoms with E-state index in [2.05, 4.69) is 34.5 Å². The van der Waals surface area contributed by atoms with E-state index < -0.39 is 33.5 Å². The number of nitrogens with zero attached hydrogens (tertiary/aromatic N) is 3. The highest BCUT2D eigenvalue weighted by Gasteiger charge is 2.36. The molecule has 55 heavy (non-hydrogen) atoms. The van der Waals surface area contributed by atoms with Gasteiger partial charge in [-0.05, 0) is 98.3 Å². The smallest absolute Gasteiger partial charge is 0.337 e. The van der Waals surface area contributed by atoms with Gasteiger partial charge in [0.2, 0.25) is 9.84 Å². The minimum atomic E-state index is -4.13. The Balaban J connectivity index is 1.01. The van der Waals surface area contributed by atoms with Gasteiger partial charge in [-0.1, -0.05) is 66.7 Å². The molecular formula is C42H42N4O8S. The van der Waals surface area contributed by atoms with Crippen LogP contribution in [0.1, 0.15) is 69.5 Å². The van der Waals surface area contributed by atoms with Crippen LogP contribution in [-0.2, 0) is 48.4 Å². The summed E-state index contributed by atoms with van der Waals surface area (Å²) in [7, 11) is -4.13. The van der Waals surface area contributed by atoms with Gasteiger partial charge in [0.1, 0.15) is 0 Å². The topological polar surface area (TPSA) is 150 Å². The Morgan fingerprint density at radius 3 is 2.16 bits per heavy atom. The van der Waals surface area contributed by atoms with Crippen LogP contribution in [0.2, 0.25) is 0 Å². The quantitative estimate of drug-likeness (QED) is 0.157. The maximum atomic E-state index is 14.1. The Kier molecular flexibility index (Phi) is 11.2. The molecule has 2 fully saturated rings. The zero-order valence-corrected chi connectivity index (χ0v) is 31.1. The van der Waals surface area contributed by atoms with Gasteiger partial charge in [-0.2, -0.15) is 0 Å². The average molecular weight is 763 g/mol. The minimum absolute atomic E-state index is 0.00721. The average Bonchev–Trinajstić information content (AvgIpc) is 3.48. The first-order valence-corrected chi connectivity index (χ1v) is 20.0. The van der Waals surface area contributed by atoms with Crippen molar-refractivity contribution in [3.63, 3.8) is 0 Å². The number of hydrogen-bond donors (Lipinski definition) is 1. The Morgan fingerprint density at radius 1 is 0.764 bits per heavy atom. The van der Waals surface area contributed by atoms with Crippen LogP contribution in [0.5, 0.6) is 0 Å². The maximum absolute atomic E-state index is 14.1. The summed E-state index contributed by atoms with van der Waals surface area (Å²) in [5.41, 5.74) is 2.86. The summed E-state index contributed by atoms with van der Waals surface area (Å²) in [6.07, 6.45) is 3.92. The maximum Gasteiger partial charge on any atom is 0.337 e. The number of carbonyl (C=O) groups excluding carboxylic acids is 5. The first-order valence-electron chi connectivity index (χ1n) is 18.6. The van der Waals surface area contributed by atoms with Crippen LogP contribution in [0.3, 0.4) is 0 Å². The summed E-state index contributed by atoms with van der Waals surface area (Å²) in [4.78, 5) is 72.2. The van der Waals surface area contributed by atoms with E-state index in [9.17, 15) is 32.4 Å². The SMILES string of the molecule is O=C(Cc1ccc(CN2C(=O)c3ccccc3S(=O)(=O)c3ccc(C(=O)NCCCN4CCC(Cc5ccccc5)CC4)cc32)cc1)ON1C(=O)CCC1=O. The molecule has 7 rings (SSSR count). The molecule has 0 atom stereocenters. The molecule has 0 radical (unpaired) electrons. The van der Waals surface area contributed by atoms with Crippen molar-refractivity contribution >= 4 is 45.1 Å². The Labute approximate surface area is 319 Å². The molecule has 0 saturated carbocycles. The standard InChI is InChI=1S/C42H42N4O8S/c47-38-17-18-39(48)46(38)54-40(49)26-30-11-13-32(14-12-30)28-45-35-27-33(15-16-37(35)55(52,53)36-10-5-4-9-34(36)42(45)51)41(50)43-21-6-22-44-23-19-31(20-24-44)25-29-7-2-1-3-8-29/h1-5,7-16,27,31H,6,17-26,28H2,(H,43,50). The summed E-state index contributed by atoms with van der Waals surface area (Å²) < 4.78 is 27.9. The second-order valence-electron chi connectivity index (χ2n) is 14.2. The van der Waals surface area contributed by atoms with Crippen molar-refractivity contribution in [1.29, 1.82) is 0 Å². The zero-order valence-electron chi connectivity index (χ0n) is 30.3. The van der Waals surface area contributed by atoms with Crippen LogP contribution in [0.15, 0.2) is 107 Å². The second kappa shape index (κ2) is 16.4. The van der Waals surface area contributed by atoms with Crippen molar-refractivity contribution in [3.8, 4) is 0 Å². The number of anilines is 1. The van der Waals surface area contributed by atoms with E-state index in [0.717, 1.165) is 45.3 Å². The highest BCUT2D eigenvalue weighted by atomic mass is 32.2. The van der Waals surface area contributed by atoms with Crippen LogP contribution in [-0.4, -0.2) is 74.2 Å². The number of amides is 4. The van der Waals surface area contributed by atoms with Crippen LogP contribution >= 0.6 is 0 Å². The molecule has 3 aliphatic rings. The lowest BCUT2D eigenvalue weighted by Gasteiger charge is -2.32. The highest BCUT2D eigenvalue weighted by molar-refractivity contribution is 7.91. The Bertz CT molecular complexity index is 2200. The van der Waals surface area contributed by atoms with Gasteiger partial charge in [0.05, 0.1) is 34.0 Å². The molecule has 4 amide bonds. The molecule has 4 aromatic rings. The van der Waals surface area contributed by atoms with Crippen molar-refractivity contribution in [1.82, 2.24) is 15.3 Å². The molecule has 4 aromatic carbocycles. The minimum Gasteiger partial charge on any atom is -0.352 e. The number of likely N-dealkylation sites (tertiary alicyclic amines) is 1. The summed E-state index contributed by atoms with van der Waals surface area (Å²) in [5, 5.41) is 3.47. The molecule has 0 aromatic heterocycles. The summed E-state index contributed by atoms with van der Waals surface area (Å²) in [6, 6.07) is 27.6. The lowest BCUT2D eigenvalue weighted by molar-refractivity contribution is -0.197. The van der Waals surface area contributed by atoms with Gasteiger partial charge in [0.25, 0.3) is 23.6 Å². The third-order valence-electron chi connectivity index (χ3n) is 10.4. The number of fused-ring (bicyclic) bond motifs is 2. The molecule has 0 aliphatic carbocycles. The molecule has 3 heterocycles. The predicted molar refractivity (Wildman–Crippen MR) is 202 cm³/mol. The van der Waals surface area contributed by atoms with Crippen molar-refractivity contribution in [2.45, 2.75) is 61.3 Å².